The summed E-state index contributed by atoms with van der Waals surface area (Å²) in [6.45, 7) is 6.56. The summed E-state index contributed by atoms with van der Waals surface area (Å²) in [6, 6.07) is 8.56. The Kier molecular flexibility index (Phi) is 3.97. The van der Waals surface area contributed by atoms with Crippen LogP contribution in [-0.4, -0.2) is 0 Å². The summed E-state index contributed by atoms with van der Waals surface area (Å²) in [5.41, 5.74) is 4.10. The van der Waals surface area contributed by atoms with Crippen molar-refractivity contribution in [3.8, 4) is 0 Å². The molecule has 2 rings (SSSR count). The van der Waals surface area contributed by atoms with Gasteiger partial charge in [0.25, 0.3) is 0 Å². The summed E-state index contributed by atoms with van der Waals surface area (Å²) < 4.78 is 0. The van der Waals surface area contributed by atoms with Crippen LogP contribution in [0.25, 0.3) is 11.6 Å². The van der Waals surface area contributed by atoms with Crippen molar-refractivity contribution in [3.63, 3.8) is 0 Å². The van der Waals surface area contributed by atoms with E-state index in [4.69, 9.17) is 0 Å². The molecule has 0 N–H and O–H groups in total. The first kappa shape index (κ1) is 12.3. The predicted molar refractivity (Wildman–Crippen MR) is 80.6 cm³/mol. The lowest BCUT2D eigenvalue weighted by Gasteiger charge is -2.08. The van der Waals surface area contributed by atoms with Crippen molar-refractivity contribution in [1.29, 1.82) is 0 Å². The van der Waals surface area contributed by atoms with Gasteiger partial charge < -0.3 is 0 Å². The quantitative estimate of drug-likeness (QED) is 0.620. The minimum Gasteiger partial charge on any atom is -0.144 e. The smallest absolute Gasteiger partial charge is 0.0344 e. The summed E-state index contributed by atoms with van der Waals surface area (Å²) in [4.78, 5) is 2.67. The molecule has 0 unspecified atom stereocenters. The standard InChI is InChI=1S/C15H16S2/c1-11(2)15(14-7-5-9-17-14)12(3)10-13-6-4-8-16-13/h4-10H,1-3H3/b12-10+. The van der Waals surface area contributed by atoms with E-state index >= 15 is 0 Å². The highest BCUT2D eigenvalue weighted by Gasteiger charge is 2.07. The van der Waals surface area contributed by atoms with Crippen molar-refractivity contribution in [2.24, 2.45) is 0 Å². The Morgan fingerprint density at radius 2 is 1.71 bits per heavy atom. The number of hydrogen-bond acceptors (Lipinski definition) is 2. The van der Waals surface area contributed by atoms with Gasteiger partial charge in [-0.25, -0.2) is 0 Å². The maximum atomic E-state index is 2.27. The number of allylic oxidation sites excluding steroid dienone is 3. The normalized spacial score (nSPS) is 11.6. The van der Waals surface area contributed by atoms with Gasteiger partial charge in [0.05, 0.1) is 0 Å². The fourth-order valence-corrected chi connectivity index (χ4v) is 3.57. The number of hydrogen-bond donors (Lipinski definition) is 0. The summed E-state index contributed by atoms with van der Waals surface area (Å²) >= 11 is 3.59. The van der Waals surface area contributed by atoms with Crippen LogP contribution in [0.5, 0.6) is 0 Å². The lowest BCUT2D eigenvalue weighted by atomic mass is 10.0. The molecule has 0 fully saturated rings. The molecule has 0 radical (unpaired) electrons. The number of thiophene rings is 2. The third kappa shape index (κ3) is 2.96. The second kappa shape index (κ2) is 5.48. The first-order chi connectivity index (χ1) is 8.18. The zero-order valence-electron chi connectivity index (χ0n) is 10.4. The molecule has 0 saturated carbocycles. The molecule has 0 saturated heterocycles. The van der Waals surface area contributed by atoms with Crippen molar-refractivity contribution >= 4 is 34.3 Å². The largest absolute Gasteiger partial charge is 0.144 e. The van der Waals surface area contributed by atoms with Crippen LogP contribution in [-0.2, 0) is 0 Å². The Morgan fingerprint density at radius 3 is 2.24 bits per heavy atom. The lowest BCUT2D eigenvalue weighted by molar-refractivity contribution is 1.37. The van der Waals surface area contributed by atoms with Crippen molar-refractivity contribution in [2.45, 2.75) is 20.8 Å². The van der Waals surface area contributed by atoms with E-state index in [0.29, 0.717) is 0 Å². The van der Waals surface area contributed by atoms with E-state index < -0.39 is 0 Å². The van der Waals surface area contributed by atoms with Gasteiger partial charge >= 0.3 is 0 Å². The minimum absolute atomic E-state index is 1.32. The molecule has 0 aliphatic carbocycles. The molecule has 0 bridgehead atoms. The Balaban J connectivity index is 2.40. The van der Waals surface area contributed by atoms with Gasteiger partial charge in [0.2, 0.25) is 0 Å². The van der Waals surface area contributed by atoms with Crippen LogP contribution in [0.4, 0.5) is 0 Å². The molecule has 0 amide bonds. The first-order valence-electron chi connectivity index (χ1n) is 5.62. The molecule has 2 aromatic heterocycles. The zero-order valence-corrected chi connectivity index (χ0v) is 12.0. The first-order valence-corrected chi connectivity index (χ1v) is 7.38. The average Bonchev–Trinajstić information content (AvgIpc) is 2.89. The van der Waals surface area contributed by atoms with E-state index in [1.54, 1.807) is 22.7 Å². The third-order valence-corrected chi connectivity index (χ3v) is 4.27. The van der Waals surface area contributed by atoms with E-state index in [1.165, 1.54) is 26.5 Å². The summed E-state index contributed by atoms with van der Waals surface area (Å²) in [6.07, 6.45) is 2.27. The molecule has 17 heavy (non-hydrogen) atoms. The number of rotatable bonds is 3. The molecular weight excluding hydrogens is 244 g/mol. The molecule has 0 atom stereocenters. The van der Waals surface area contributed by atoms with Crippen LogP contribution < -0.4 is 0 Å². The lowest BCUT2D eigenvalue weighted by Crippen LogP contribution is -1.86. The average molecular weight is 260 g/mol. The van der Waals surface area contributed by atoms with Crippen LogP contribution in [0.3, 0.4) is 0 Å². The van der Waals surface area contributed by atoms with Crippen LogP contribution in [0.1, 0.15) is 30.5 Å². The second-order valence-electron chi connectivity index (χ2n) is 4.20. The van der Waals surface area contributed by atoms with Gasteiger partial charge in [-0.1, -0.05) is 17.7 Å². The Hall–Kier alpha value is -1.12. The van der Waals surface area contributed by atoms with Crippen molar-refractivity contribution in [2.75, 3.05) is 0 Å². The SMILES string of the molecule is CC(C)=C(/C(C)=C/c1cccs1)c1cccs1. The summed E-state index contributed by atoms with van der Waals surface area (Å²) in [7, 11) is 0. The van der Waals surface area contributed by atoms with Gasteiger partial charge in [0.15, 0.2) is 0 Å². The highest BCUT2D eigenvalue weighted by Crippen LogP contribution is 2.31. The van der Waals surface area contributed by atoms with Crippen molar-refractivity contribution in [1.82, 2.24) is 0 Å². The van der Waals surface area contributed by atoms with Crippen molar-refractivity contribution in [3.05, 3.63) is 55.9 Å². The van der Waals surface area contributed by atoms with E-state index in [9.17, 15) is 0 Å². The maximum Gasteiger partial charge on any atom is 0.0344 e. The minimum atomic E-state index is 1.32. The highest BCUT2D eigenvalue weighted by atomic mass is 32.1. The molecule has 2 heteroatoms. The Bertz CT molecular complexity index is 522. The zero-order chi connectivity index (χ0) is 12.3. The van der Waals surface area contributed by atoms with Gasteiger partial charge in [-0.3, -0.25) is 0 Å². The fourth-order valence-electron chi connectivity index (χ4n) is 1.91. The summed E-state index contributed by atoms with van der Waals surface area (Å²) in [5, 5.41) is 4.25. The van der Waals surface area contributed by atoms with E-state index in [2.05, 4.69) is 61.9 Å². The highest BCUT2D eigenvalue weighted by molar-refractivity contribution is 7.11. The molecule has 0 aliphatic heterocycles. The molecule has 0 nitrogen and oxygen atoms in total. The van der Waals surface area contributed by atoms with Crippen molar-refractivity contribution < 1.29 is 0 Å². The van der Waals surface area contributed by atoms with Gasteiger partial charge in [-0.2, -0.15) is 0 Å². The molecular formula is C15H16S2. The monoisotopic (exact) mass is 260 g/mol. The molecule has 88 valence electrons. The van der Waals surface area contributed by atoms with E-state index in [0.717, 1.165) is 0 Å². The van der Waals surface area contributed by atoms with Gasteiger partial charge in [0, 0.05) is 9.75 Å². The maximum absolute atomic E-state index is 2.27. The van der Waals surface area contributed by atoms with Crippen LogP contribution in [0, 0.1) is 0 Å². The van der Waals surface area contributed by atoms with E-state index in [1.807, 2.05) is 0 Å². The summed E-state index contributed by atoms with van der Waals surface area (Å²) in [5.74, 6) is 0. The second-order valence-corrected chi connectivity index (χ2v) is 6.12. The Labute approximate surface area is 111 Å². The van der Waals surface area contributed by atoms with Gasteiger partial charge in [-0.05, 0) is 60.9 Å². The van der Waals surface area contributed by atoms with E-state index in [-0.39, 0.29) is 0 Å². The molecule has 0 aliphatic rings. The van der Waals surface area contributed by atoms with Gasteiger partial charge in [-0.15, -0.1) is 22.7 Å². The third-order valence-electron chi connectivity index (χ3n) is 2.56. The van der Waals surface area contributed by atoms with Crippen LogP contribution in [0.15, 0.2) is 46.2 Å². The fraction of sp³-hybridized carbons (Fsp3) is 0.200. The van der Waals surface area contributed by atoms with Crippen LogP contribution >= 0.6 is 22.7 Å². The topological polar surface area (TPSA) is 0 Å². The Morgan fingerprint density at radius 1 is 1.00 bits per heavy atom. The predicted octanol–water partition coefficient (Wildman–Crippen LogP) is 5.71. The van der Waals surface area contributed by atoms with Gasteiger partial charge in [0.1, 0.15) is 0 Å². The molecule has 0 aromatic carbocycles. The molecule has 0 spiro atoms. The molecule has 2 aromatic rings. The van der Waals surface area contributed by atoms with Crippen LogP contribution in [0.2, 0.25) is 0 Å². The molecule has 2 heterocycles.